The van der Waals surface area contributed by atoms with Crippen LogP contribution in [0.15, 0.2) is 29.5 Å². The van der Waals surface area contributed by atoms with Crippen molar-refractivity contribution in [1.82, 2.24) is 15.3 Å². The number of amides is 1. The molecule has 2 aromatic rings. The number of thiophene rings is 1. The summed E-state index contributed by atoms with van der Waals surface area (Å²) in [7, 11) is 3.50. The van der Waals surface area contributed by atoms with Gasteiger partial charge in [-0.2, -0.15) is 0 Å². The predicted molar refractivity (Wildman–Crippen MR) is 132 cm³/mol. The SMILES string of the molecule is C=C/C(=C\C(=NC)c1nc(N(C)CC(=O)NC(C)(C)C)c2c(C)c(C)sc2n1)OCCO. The zero-order valence-corrected chi connectivity index (χ0v) is 20.8. The average molecular weight is 460 g/mol. The molecule has 174 valence electrons. The van der Waals surface area contributed by atoms with Gasteiger partial charge in [0, 0.05) is 30.6 Å². The molecule has 2 heterocycles. The van der Waals surface area contributed by atoms with Crippen LogP contribution in [0.25, 0.3) is 10.2 Å². The van der Waals surface area contributed by atoms with Crippen molar-refractivity contribution in [3.05, 3.63) is 40.8 Å². The van der Waals surface area contributed by atoms with Gasteiger partial charge in [0.1, 0.15) is 28.7 Å². The fourth-order valence-electron chi connectivity index (χ4n) is 3.05. The third-order valence-electron chi connectivity index (χ3n) is 4.58. The molecule has 9 heteroatoms. The smallest absolute Gasteiger partial charge is 0.239 e. The second kappa shape index (κ2) is 10.7. The summed E-state index contributed by atoms with van der Waals surface area (Å²) >= 11 is 1.58. The van der Waals surface area contributed by atoms with Crippen LogP contribution < -0.4 is 10.2 Å². The molecule has 0 aromatic carbocycles. The van der Waals surface area contributed by atoms with Crippen LogP contribution >= 0.6 is 11.3 Å². The lowest BCUT2D eigenvalue weighted by Gasteiger charge is -2.24. The monoisotopic (exact) mass is 459 g/mol. The molecule has 2 rings (SSSR count). The van der Waals surface area contributed by atoms with Crippen molar-refractivity contribution in [1.29, 1.82) is 0 Å². The molecule has 32 heavy (non-hydrogen) atoms. The van der Waals surface area contributed by atoms with Gasteiger partial charge < -0.3 is 20.1 Å². The number of carbonyl (C=O) groups is 1. The Morgan fingerprint density at radius 2 is 2.03 bits per heavy atom. The first-order chi connectivity index (χ1) is 15.0. The highest BCUT2D eigenvalue weighted by Gasteiger charge is 2.22. The molecule has 0 saturated heterocycles. The number of nitrogens with zero attached hydrogens (tertiary/aromatic N) is 4. The third kappa shape index (κ3) is 6.37. The molecule has 0 fully saturated rings. The van der Waals surface area contributed by atoms with E-state index in [1.807, 2.05) is 46.6 Å². The van der Waals surface area contributed by atoms with E-state index in [9.17, 15) is 4.79 Å². The lowest BCUT2D eigenvalue weighted by atomic mass is 10.1. The fourth-order valence-corrected chi connectivity index (χ4v) is 4.08. The molecule has 0 bridgehead atoms. The quantitative estimate of drug-likeness (QED) is 0.339. The van der Waals surface area contributed by atoms with Crippen LogP contribution in [0.1, 0.15) is 37.0 Å². The summed E-state index contributed by atoms with van der Waals surface area (Å²) in [4.78, 5) is 30.2. The lowest BCUT2D eigenvalue weighted by molar-refractivity contribution is -0.121. The van der Waals surface area contributed by atoms with E-state index >= 15 is 0 Å². The molecule has 0 unspecified atom stereocenters. The predicted octanol–water partition coefficient (Wildman–Crippen LogP) is 3.16. The number of rotatable bonds is 9. The minimum atomic E-state index is -0.318. The van der Waals surface area contributed by atoms with Gasteiger partial charge in [0.15, 0.2) is 5.82 Å². The number of nitrogens with one attached hydrogen (secondary N) is 1. The van der Waals surface area contributed by atoms with Crippen molar-refractivity contribution >= 4 is 39.0 Å². The first-order valence-corrected chi connectivity index (χ1v) is 11.2. The second-order valence-corrected chi connectivity index (χ2v) is 9.62. The van der Waals surface area contributed by atoms with Crippen LogP contribution in [0, 0.1) is 13.8 Å². The van der Waals surface area contributed by atoms with Gasteiger partial charge in [0.05, 0.1) is 18.5 Å². The number of allylic oxidation sites excluding steroid dienone is 2. The standard InChI is InChI=1S/C23H33N5O3S/c1-9-16(31-11-10-29)12-17(24-7)20-25-21(19-14(2)15(3)32-22(19)26-20)28(8)13-18(30)27-23(4,5)6/h9,12,29H,1,10-11,13H2,2-8H3,(H,27,30)/b16-12+,24-17?. The summed E-state index contributed by atoms with van der Waals surface area (Å²) in [6.07, 6.45) is 3.23. The summed E-state index contributed by atoms with van der Waals surface area (Å²) in [5.41, 5.74) is 1.29. The minimum Gasteiger partial charge on any atom is -0.491 e. The number of ether oxygens (including phenoxy) is 1. The number of aliphatic imine (C=N–C) groups is 1. The molecule has 1 amide bonds. The number of carbonyl (C=O) groups excluding carboxylic acids is 1. The largest absolute Gasteiger partial charge is 0.491 e. The topological polar surface area (TPSA) is 99.9 Å². The molecule has 8 nitrogen and oxygen atoms in total. The molecule has 0 atom stereocenters. The zero-order chi connectivity index (χ0) is 24.1. The van der Waals surface area contributed by atoms with Gasteiger partial charge in [-0.25, -0.2) is 9.97 Å². The molecular formula is C23H33N5O3S. The third-order valence-corrected chi connectivity index (χ3v) is 5.68. The van der Waals surface area contributed by atoms with Gasteiger partial charge in [0.2, 0.25) is 5.91 Å². The number of likely N-dealkylation sites (N-methyl/N-ethyl adjacent to an activating group) is 1. The van der Waals surface area contributed by atoms with E-state index < -0.39 is 0 Å². The molecule has 0 radical (unpaired) electrons. The summed E-state index contributed by atoms with van der Waals surface area (Å²) in [5.74, 6) is 1.46. The van der Waals surface area contributed by atoms with Crippen molar-refractivity contribution in [2.45, 2.75) is 40.2 Å². The van der Waals surface area contributed by atoms with Gasteiger partial charge in [-0.05, 0) is 46.3 Å². The molecule has 0 aliphatic heterocycles. The Bertz CT molecular complexity index is 1050. The van der Waals surface area contributed by atoms with E-state index in [-0.39, 0.29) is 31.2 Å². The number of aliphatic hydroxyl groups is 1. The first kappa shape index (κ1) is 25.5. The summed E-state index contributed by atoms with van der Waals surface area (Å²) < 4.78 is 5.48. The van der Waals surface area contributed by atoms with E-state index in [2.05, 4.69) is 16.9 Å². The molecule has 2 aromatic heterocycles. The average Bonchev–Trinajstić information content (AvgIpc) is 2.99. The van der Waals surface area contributed by atoms with Crippen molar-refractivity contribution < 1.29 is 14.6 Å². The second-order valence-electron chi connectivity index (χ2n) is 8.42. The van der Waals surface area contributed by atoms with Crippen LogP contribution in [0.3, 0.4) is 0 Å². The van der Waals surface area contributed by atoms with Gasteiger partial charge in [0.25, 0.3) is 0 Å². The highest BCUT2D eigenvalue weighted by molar-refractivity contribution is 7.18. The Balaban J connectivity index is 2.54. The van der Waals surface area contributed by atoms with E-state index in [1.165, 1.54) is 0 Å². The van der Waals surface area contributed by atoms with Crippen molar-refractivity contribution in [3.8, 4) is 0 Å². The normalized spacial score (nSPS) is 12.8. The van der Waals surface area contributed by atoms with E-state index in [1.54, 1.807) is 30.5 Å². The summed E-state index contributed by atoms with van der Waals surface area (Å²) in [5, 5.41) is 12.9. The lowest BCUT2D eigenvalue weighted by Crippen LogP contribution is -2.45. The van der Waals surface area contributed by atoms with Crippen LogP contribution in [0.2, 0.25) is 0 Å². The number of hydrogen-bond donors (Lipinski definition) is 2. The Morgan fingerprint density at radius 3 is 2.59 bits per heavy atom. The maximum atomic E-state index is 12.6. The van der Waals surface area contributed by atoms with Crippen LogP contribution in [-0.2, 0) is 9.53 Å². The summed E-state index contributed by atoms with van der Waals surface area (Å²) in [6, 6.07) is 0. The van der Waals surface area contributed by atoms with Gasteiger partial charge >= 0.3 is 0 Å². The minimum absolute atomic E-state index is 0.0893. The number of fused-ring (bicyclic) bond motifs is 1. The summed E-state index contributed by atoms with van der Waals surface area (Å²) in [6.45, 7) is 13.9. The van der Waals surface area contributed by atoms with Crippen molar-refractivity contribution in [2.24, 2.45) is 4.99 Å². The Kier molecular flexibility index (Phi) is 8.51. The fraction of sp³-hybridized carbons (Fsp3) is 0.478. The van der Waals surface area contributed by atoms with Gasteiger partial charge in [-0.3, -0.25) is 9.79 Å². The Hall–Kier alpha value is -2.78. The molecule has 2 N–H and O–H groups in total. The molecular weight excluding hydrogens is 426 g/mol. The maximum absolute atomic E-state index is 12.6. The van der Waals surface area contributed by atoms with Crippen LogP contribution in [0.5, 0.6) is 0 Å². The molecule has 0 saturated carbocycles. The van der Waals surface area contributed by atoms with Gasteiger partial charge in [-0.1, -0.05) is 6.58 Å². The number of hydrogen-bond acceptors (Lipinski definition) is 8. The van der Waals surface area contributed by atoms with Crippen molar-refractivity contribution in [2.75, 3.05) is 38.8 Å². The Morgan fingerprint density at radius 1 is 1.34 bits per heavy atom. The number of aliphatic hydroxyl groups excluding tert-OH is 1. The van der Waals surface area contributed by atoms with E-state index in [0.29, 0.717) is 23.1 Å². The first-order valence-electron chi connectivity index (χ1n) is 10.4. The maximum Gasteiger partial charge on any atom is 0.239 e. The number of anilines is 1. The highest BCUT2D eigenvalue weighted by atomic mass is 32.1. The van der Waals surface area contributed by atoms with E-state index in [0.717, 1.165) is 20.7 Å². The highest BCUT2D eigenvalue weighted by Crippen LogP contribution is 2.34. The van der Waals surface area contributed by atoms with Crippen LogP contribution in [0.4, 0.5) is 5.82 Å². The zero-order valence-electron chi connectivity index (χ0n) is 19.9. The van der Waals surface area contributed by atoms with Crippen molar-refractivity contribution in [3.63, 3.8) is 0 Å². The van der Waals surface area contributed by atoms with E-state index in [4.69, 9.17) is 19.8 Å². The van der Waals surface area contributed by atoms with Crippen LogP contribution in [-0.4, -0.2) is 66.1 Å². The number of aryl methyl sites for hydroxylation is 2. The molecule has 0 spiro atoms. The Labute approximate surface area is 193 Å². The van der Waals surface area contributed by atoms with Gasteiger partial charge in [-0.15, -0.1) is 11.3 Å². The molecule has 0 aliphatic rings. The number of aromatic nitrogens is 2. The molecule has 0 aliphatic carbocycles.